The van der Waals surface area contributed by atoms with Gasteiger partial charge in [-0.05, 0) is 42.4 Å². The van der Waals surface area contributed by atoms with E-state index in [0.717, 1.165) is 5.56 Å². The van der Waals surface area contributed by atoms with Crippen LogP contribution in [0.1, 0.15) is 47.1 Å². The van der Waals surface area contributed by atoms with Crippen molar-refractivity contribution in [2.24, 2.45) is 11.3 Å². The van der Waals surface area contributed by atoms with E-state index in [4.69, 9.17) is 14.2 Å². The highest BCUT2D eigenvalue weighted by Crippen LogP contribution is 2.35. The lowest BCUT2D eigenvalue weighted by atomic mass is 9.85. The highest BCUT2D eigenvalue weighted by atomic mass is 32.2. The Morgan fingerprint density at radius 3 is 2.30 bits per heavy atom. The van der Waals surface area contributed by atoms with Crippen molar-refractivity contribution in [3.63, 3.8) is 0 Å². The second-order valence-corrected chi connectivity index (χ2v) is 14.5. The maximum absolute atomic E-state index is 13.9. The number of nitrogens with one attached hydrogen (secondary N) is 3. The van der Waals surface area contributed by atoms with E-state index in [0.29, 0.717) is 11.5 Å². The summed E-state index contributed by atoms with van der Waals surface area (Å²) in [7, 11) is -4.10. The Hall–Kier alpha value is -3.88. The zero-order valence-corrected chi connectivity index (χ0v) is 28.1. The molecule has 46 heavy (non-hydrogen) atoms. The van der Waals surface area contributed by atoms with Crippen LogP contribution in [0.25, 0.3) is 0 Å². The molecule has 0 spiro atoms. The topological polar surface area (TPSA) is 173 Å². The molecule has 0 radical (unpaired) electrons. The van der Waals surface area contributed by atoms with Crippen molar-refractivity contribution >= 4 is 27.9 Å². The van der Waals surface area contributed by atoms with Gasteiger partial charge in [-0.25, -0.2) is 13.2 Å². The SMILES string of the molecule is CCOC(=O)NCC(=O)N[C@H](C(=O)N[C@@H](Cc1ccccc1)[C@H](O)CN(CC(C)C)S(=O)(=O)c1ccc2c(c1)OCO2)C(C)(C)C. The number of sulfonamides is 1. The predicted molar refractivity (Wildman–Crippen MR) is 171 cm³/mol. The van der Waals surface area contributed by atoms with Crippen LogP contribution in [0.5, 0.6) is 11.5 Å². The van der Waals surface area contributed by atoms with Gasteiger partial charge in [0.2, 0.25) is 28.6 Å². The highest BCUT2D eigenvalue weighted by Gasteiger charge is 2.37. The molecule has 3 amide bonds. The normalized spacial score (nSPS) is 14.8. The molecule has 14 heteroatoms. The van der Waals surface area contributed by atoms with Gasteiger partial charge in [-0.2, -0.15) is 4.31 Å². The summed E-state index contributed by atoms with van der Waals surface area (Å²) in [4.78, 5) is 38.1. The molecular weight excluding hydrogens is 616 g/mol. The van der Waals surface area contributed by atoms with E-state index in [1.807, 2.05) is 44.2 Å². The standard InChI is InChI=1S/C32H46N4O9S/c1-7-43-31(40)33-17-28(38)35-29(32(4,5)6)30(39)34-24(15-22-11-9-8-10-12-22)25(37)19-36(18-21(2)3)46(41,42)23-13-14-26-27(16-23)45-20-44-26/h8-14,16,21,24-25,29,37H,7,15,17-20H2,1-6H3,(H,33,40)(H,34,39)(H,35,38)/t24-,25+,29+/m0/s1. The minimum atomic E-state index is -4.10. The molecule has 3 atom stereocenters. The molecule has 0 bridgehead atoms. The van der Waals surface area contributed by atoms with Crippen LogP contribution < -0.4 is 25.4 Å². The monoisotopic (exact) mass is 662 g/mol. The van der Waals surface area contributed by atoms with Gasteiger partial charge in [-0.1, -0.05) is 65.0 Å². The lowest BCUT2D eigenvalue weighted by Crippen LogP contribution is -2.59. The van der Waals surface area contributed by atoms with Gasteiger partial charge in [0.05, 0.1) is 23.6 Å². The smallest absolute Gasteiger partial charge is 0.407 e. The van der Waals surface area contributed by atoms with Crippen LogP contribution in [0.2, 0.25) is 0 Å². The molecule has 254 valence electrons. The average molecular weight is 663 g/mol. The molecule has 1 heterocycles. The van der Waals surface area contributed by atoms with Crippen LogP contribution in [-0.4, -0.2) is 87.0 Å². The van der Waals surface area contributed by atoms with Gasteiger partial charge in [0.1, 0.15) is 12.6 Å². The summed E-state index contributed by atoms with van der Waals surface area (Å²) >= 11 is 0. The molecule has 0 unspecified atom stereocenters. The maximum Gasteiger partial charge on any atom is 0.407 e. The molecule has 1 aliphatic heterocycles. The molecule has 0 aromatic heterocycles. The van der Waals surface area contributed by atoms with Crippen molar-refractivity contribution in [1.29, 1.82) is 0 Å². The van der Waals surface area contributed by atoms with E-state index in [2.05, 4.69) is 16.0 Å². The first-order valence-electron chi connectivity index (χ1n) is 15.2. The lowest BCUT2D eigenvalue weighted by molar-refractivity contribution is -0.132. The van der Waals surface area contributed by atoms with E-state index < -0.39 is 58.1 Å². The number of benzene rings is 2. The largest absolute Gasteiger partial charge is 0.454 e. The minimum Gasteiger partial charge on any atom is -0.454 e. The van der Waals surface area contributed by atoms with E-state index in [1.54, 1.807) is 27.7 Å². The number of hydrogen-bond acceptors (Lipinski definition) is 9. The molecule has 13 nitrogen and oxygen atoms in total. The third-order valence-corrected chi connectivity index (χ3v) is 8.96. The van der Waals surface area contributed by atoms with Crippen LogP contribution >= 0.6 is 0 Å². The first-order chi connectivity index (χ1) is 21.6. The zero-order valence-electron chi connectivity index (χ0n) is 27.2. The third-order valence-electron chi connectivity index (χ3n) is 7.13. The summed E-state index contributed by atoms with van der Waals surface area (Å²) in [5, 5.41) is 19.5. The quantitative estimate of drug-likeness (QED) is 0.224. The zero-order chi connectivity index (χ0) is 34.1. The number of aliphatic hydroxyl groups is 1. The van der Waals surface area contributed by atoms with Crippen LogP contribution in [0, 0.1) is 11.3 Å². The minimum absolute atomic E-state index is 0.00789. The Kier molecular flexibility index (Phi) is 12.8. The summed E-state index contributed by atoms with van der Waals surface area (Å²) in [6, 6.07) is 11.5. The van der Waals surface area contributed by atoms with E-state index >= 15 is 0 Å². The molecule has 0 fully saturated rings. The Bertz CT molecular complexity index is 1450. The molecule has 0 saturated carbocycles. The van der Waals surface area contributed by atoms with Crippen LogP contribution in [0.3, 0.4) is 0 Å². The summed E-state index contributed by atoms with van der Waals surface area (Å²) < 4.78 is 44.4. The fourth-order valence-corrected chi connectivity index (χ4v) is 6.48. The van der Waals surface area contributed by atoms with Gasteiger partial charge in [-0.15, -0.1) is 0 Å². The number of rotatable bonds is 15. The third kappa shape index (κ3) is 10.3. The Labute approximate surface area is 271 Å². The first kappa shape index (κ1) is 36.6. The number of ether oxygens (including phenoxy) is 3. The van der Waals surface area contributed by atoms with Gasteiger partial charge in [0.15, 0.2) is 11.5 Å². The summed E-state index contributed by atoms with van der Waals surface area (Å²) in [6.45, 7) is 10.2. The van der Waals surface area contributed by atoms with E-state index in [1.165, 1.54) is 22.5 Å². The van der Waals surface area contributed by atoms with Crippen molar-refractivity contribution in [2.75, 3.05) is 33.0 Å². The van der Waals surface area contributed by atoms with Gasteiger partial charge >= 0.3 is 6.09 Å². The number of carbonyl (C=O) groups excluding carboxylic acids is 3. The van der Waals surface area contributed by atoms with Crippen molar-refractivity contribution in [3.05, 3.63) is 54.1 Å². The maximum atomic E-state index is 13.9. The Morgan fingerprint density at radius 1 is 1.00 bits per heavy atom. The number of carbonyl (C=O) groups is 3. The van der Waals surface area contributed by atoms with Crippen molar-refractivity contribution in [3.8, 4) is 11.5 Å². The number of alkyl carbamates (subject to hydrolysis) is 1. The number of fused-ring (bicyclic) bond motifs is 1. The number of aliphatic hydroxyl groups excluding tert-OH is 1. The van der Waals surface area contributed by atoms with Crippen LogP contribution in [0.15, 0.2) is 53.4 Å². The Balaban J connectivity index is 1.86. The number of amides is 3. The fourth-order valence-electron chi connectivity index (χ4n) is 4.84. The van der Waals surface area contributed by atoms with E-state index in [-0.39, 0.29) is 43.7 Å². The molecule has 0 saturated heterocycles. The predicted octanol–water partition coefficient (Wildman–Crippen LogP) is 2.43. The van der Waals surface area contributed by atoms with E-state index in [9.17, 15) is 27.9 Å². The first-order valence-corrected chi connectivity index (χ1v) is 16.7. The molecular formula is C32H46N4O9S. The van der Waals surface area contributed by atoms with Crippen molar-refractivity contribution < 1.29 is 42.1 Å². The lowest BCUT2D eigenvalue weighted by Gasteiger charge is -2.34. The van der Waals surface area contributed by atoms with Crippen molar-refractivity contribution in [2.45, 2.75) is 71.0 Å². The molecule has 1 aliphatic rings. The highest BCUT2D eigenvalue weighted by molar-refractivity contribution is 7.89. The summed E-state index contributed by atoms with van der Waals surface area (Å²) in [5.74, 6) is -0.515. The van der Waals surface area contributed by atoms with Crippen LogP contribution in [0.4, 0.5) is 4.79 Å². The van der Waals surface area contributed by atoms with Crippen molar-refractivity contribution in [1.82, 2.24) is 20.3 Å². The molecule has 2 aromatic rings. The number of hydrogen-bond donors (Lipinski definition) is 4. The average Bonchev–Trinajstić information content (AvgIpc) is 3.46. The van der Waals surface area contributed by atoms with Crippen LogP contribution in [-0.2, 0) is 30.8 Å². The second kappa shape index (κ2) is 16.1. The Morgan fingerprint density at radius 2 is 1.67 bits per heavy atom. The number of nitrogens with zero attached hydrogens (tertiary/aromatic N) is 1. The summed E-state index contributed by atoms with van der Waals surface area (Å²) in [6.07, 6.45) is -1.92. The second-order valence-electron chi connectivity index (χ2n) is 12.5. The fraction of sp³-hybridized carbons (Fsp3) is 0.531. The molecule has 0 aliphatic carbocycles. The van der Waals surface area contributed by atoms with Gasteiger partial charge in [0.25, 0.3) is 0 Å². The molecule has 3 rings (SSSR count). The van der Waals surface area contributed by atoms with Gasteiger partial charge in [0, 0.05) is 19.2 Å². The van der Waals surface area contributed by atoms with Gasteiger partial charge in [-0.3, -0.25) is 9.59 Å². The van der Waals surface area contributed by atoms with Gasteiger partial charge < -0.3 is 35.3 Å². The molecule has 4 N–H and O–H groups in total. The summed E-state index contributed by atoms with van der Waals surface area (Å²) in [5.41, 5.74) is 0.0361. The molecule has 2 aromatic carbocycles.